The zero-order chi connectivity index (χ0) is 16.5. The molecular formula is C21H24N2O. The molecule has 2 aromatic rings. The molecule has 1 atom stereocenters. The van der Waals surface area contributed by atoms with E-state index in [4.69, 9.17) is 0 Å². The number of rotatable bonds is 4. The summed E-state index contributed by atoms with van der Waals surface area (Å²) in [5.41, 5.74) is 5.07. The minimum Gasteiger partial charge on any atom is -0.352 e. The molecule has 0 bridgehead atoms. The Hall–Kier alpha value is -2.13. The van der Waals surface area contributed by atoms with Crippen LogP contribution >= 0.6 is 0 Å². The minimum atomic E-state index is -0.213. The van der Waals surface area contributed by atoms with Gasteiger partial charge in [0.05, 0.1) is 12.1 Å². The van der Waals surface area contributed by atoms with Gasteiger partial charge in [-0.05, 0) is 42.0 Å². The largest absolute Gasteiger partial charge is 0.352 e. The molecule has 1 saturated carbocycles. The van der Waals surface area contributed by atoms with Gasteiger partial charge in [0.1, 0.15) is 0 Å². The van der Waals surface area contributed by atoms with E-state index in [1.807, 2.05) is 6.92 Å². The van der Waals surface area contributed by atoms with Gasteiger partial charge in [-0.3, -0.25) is 10.1 Å². The quantitative estimate of drug-likeness (QED) is 0.900. The van der Waals surface area contributed by atoms with Crippen molar-refractivity contribution in [2.75, 3.05) is 0 Å². The Morgan fingerprint density at radius 1 is 0.958 bits per heavy atom. The van der Waals surface area contributed by atoms with Crippen LogP contribution in [0.15, 0.2) is 48.5 Å². The van der Waals surface area contributed by atoms with Crippen LogP contribution in [0.5, 0.6) is 0 Å². The summed E-state index contributed by atoms with van der Waals surface area (Å²) >= 11 is 0. The molecule has 3 nitrogen and oxygen atoms in total. The molecule has 1 fully saturated rings. The van der Waals surface area contributed by atoms with Crippen LogP contribution in [0.4, 0.5) is 0 Å². The van der Waals surface area contributed by atoms with Crippen molar-refractivity contribution < 1.29 is 4.79 Å². The van der Waals surface area contributed by atoms with E-state index in [1.165, 1.54) is 35.1 Å². The van der Waals surface area contributed by atoms with Crippen LogP contribution in [0.3, 0.4) is 0 Å². The number of nitrogens with one attached hydrogen (secondary N) is 2. The Morgan fingerprint density at radius 2 is 1.50 bits per heavy atom. The van der Waals surface area contributed by atoms with Crippen molar-refractivity contribution in [2.45, 2.75) is 50.7 Å². The summed E-state index contributed by atoms with van der Waals surface area (Å²) in [6.45, 7) is 1.97. The van der Waals surface area contributed by atoms with E-state index in [-0.39, 0.29) is 18.0 Å². The predicted molar refractivity (Wildman–Crippen MR) is 96.7 cm³/mol. The van der Waals surface area contributed by atoms with Crippen molar-refractivity contribution in [3.8, 4) is 11.1 Å². The highest BCUT2D eigenvalue weighted by atomic mass is 16.2. The van der Waals surface area contributed by atoms with Crippen LogP contribution in [0.25, 0.3) is 11.1 Å². The Labute approximate surface area is 143 Å². The SMILES string of the molecule is C[C@H](NC1c2ccccc2-c2ccccc21)C(=O)NC1CCCC1. The molecule has 2 aliphatic rings. The highest BCUT2D eigenvalue weighted by molar-refractivity contribution is 5.83. The van der Waals surface area contributed by atoms with E-state index < -0.39 is 0 Å². The van der Waals surface area contributed by atoms with Gasteiger partial charge in [-0.1, -0.05) is 61.4 Å². The van der Waals surface area contributed by atoms with Crippen molar-refractivity contribution in [2.24, 2.45) is 0 Å². The molecule has 1 amide bonds. The molecule has 0 aliphatic heterocycles. The lowest BCUT2D eigenvalue weighted by atomic mass is 10.0. The molecule has 0 spiro atoms. The second kappa shape index (κ2) is 6.40. The molecular weight excluding hydrogens is 296 g/mol. The van der Waals surface area contributed by atoms with Crippen LogP contribution in [0.1, 0.15) is 49.8 Å². The molecule has 124 valence electrons. The van der Waals surface area contributed by atoms with Crippen LogP contribution in [0.2, 0.25) is 0 Å². The molecule has 2 aromatic carbocycles. The third-order valence-corrected chi connectivity index (χ3v) is 5.35. The third-order valence-electron chi connectivity index (χ3n) is 5.35. The lowest BCUT2D eigenvalue weighted by Gasteiger charge is -2.22. The summed E-state index contributed by atoms with van der Waals surface area (Å²) in [6, 6.07) is 17.2. The van der Waals surface area contributed by atoms with E-state index in [1.54, 1.807) is 0 Å². The minimum absolute atomic E-state index is 0.0849. The molecule has 0 heterocycles. The maximum atomic E-state index is 12.5. The van der Waals surface area contributed by atoms with Crippen LogP contribution < -0.4 is 10.6 Å². The summed E-state index contributed by atoms with van der Waals surface area (Å²) in [6.07, 6.45) is 4.70. The lowest BCUT2D eigenvalue weighted by molar-refractivity contribution is -0.123. The number of amides is 1. The maximum Gasteiger partial charge on any atom is 0.237 e. The van der Waals surface area contributed by atoms with Gasteiger partial charge in [0.25, 0.3) is 0 Å². The fourth-order valence-corrected chi connectivity index (χ4v) is 4.06. The molecule has 0 aromatic heterocycles. The first-order valence-electron chi connectivity index (χ1n) is 8.98. The van der Waals surface area contributed by atoms with Gasteiger partial charge in [0.15, 0.2) is 0 Å². The second-order valence-electron chi connectivity index (χ2n) is 6.99. The first kappa shape index (κ1) is 15.4. The lowest BCUT2D eigenvalue weighted by Crippen LogP contribution is -2.46. The van der Waals surface area contributed by atoms with Crippen LogP contribution in [-0.4, -0.2) is 18.0 Å². The van der Waals surface area contributed by atoms with Gasteiger partial charge in [-0.15, -0.1) is 0 Å². The third kappa shape index (κ3) is 2.73. The first-order chi connectivity index (χ1) is 11.7. The summed E-state index contributed by atoms with van der Waals surface area (Å²) in [5, 5.41) is 6.75. The van der Waals surface area contributed by atoms with Gasteiger partial charge in [-0.2, -0.15) is 0 Å². The molecule has 2 aliphatic carbocycles. The Bertz CT molecular complexity index is 704. The molecule has 4 rings (SSSR count). The summed E-state index contributed by atoms with van der Waals surface area (Å²) in [7, 11) is 0. The summed E-state index contributed by atoms with van der Waals surface area (Å²) < 4.78 is 0. The Balaban J connectivity index is 1.54. The van der Waals surface area contributed by atoms with Crippen molar-refractivity contribution in [3.05, 3.63) is 59.7 Å². The molecule has 3 heteroatoms. The average Bonchev–Trinajstić information content (AvgIpc) is 3.22. The summed E-state index contributed by atoms with van der Waals surface area (Å²) in [5.74, 6) is 0.115. The Morgan fingerprint density at radius 3 is 2.08 bits per heavy atom. The van der Waals surface area contributed by atoms with E-state index in [0.717, 1.165) is 12.8 Å². The standard InChI is InChI=1S/C21H24N2O/c1-14(21(24)23-15-8-2-3-9-15)22-20-18-12-6-4-10-16(18)17-11-5-7-13-19(17)20/h4-7,10-15,20,22H,2-3,8-9H2,1H3,(H,23,24)/t14-/m0/s1. The molecule has 2 N–H and O–H groups in total. The Kier molecular flexibility index (Phi) is 4.11. The van der Waals surface area contributed by atoms with Gasteiger partial charge < -0.3 is 5.32 Å². The number of carbonyl (C=O) groups excluding carboxylic acids is 1. The van der Waals surface area contributed by atoms with E-state index in [2.05, 4.69) is 59.2 Å². The zero-order valence-corrected chi connectivity index (χ0v) is 14.1. The topological polar surface area (TPSA) is 41.1 Å². The fraction of sp³-hybridized carbons (Fsp3) is 0.381. The number of hydrogen-bond donors (Lipinski definition) is 2. The van der Waals surface area contributed by atoms with Gasteiger partial charge in [0.2, 0.25) is 5.91 Å². The molecule has 24 heavy (non-hydrogen) atoms. The number of benzene rings is 2. The average molecular weight is 320 g/mol. The van der Waals surface area contributed by atoms with E-state index >= 15 is 0 Å². The first-order valence-corrected chi connectivity index (χ1v) is 8.98. The molecule has 0 unspecified atom stereocenters. The van der Waals surface area contributed by atoms with Crippen molar-refractivity contribution >= 4 is 5.91 Å². The number of fused-ring (bicyclic) bond motifs is 3. The second-order valence-corrected chi connectivity index (χ2v) is 6.99. The number of hydrogen-bond acceptors (Lipinski definition) is 2. The highest BCUT2D eigenvalue weighted by Crippen LogP contribution is 2.43. The highest BCUT2D eigenvalue weighted by Gasteiger charge is 2.30. The van der Waals surface area contributed by atoms with Crippen LogP contribution in [-0.2, 0) is 4.79 Å². The van der Waals surface area contributed by atoms with Crippen molar-refractivity contribution in [3.63, 3.8) is 0 Å². The predicted octanol–water partition coefficient (Wildman–Crippen LogP) is 3.79. The smallest absolute Gasteiger partial charge is 0.237 e. The monoisotopic (exact) mass is 320 g/mol. The van der Waals surface area contributed by atoms with Crippen LogP contribution in [0, 0.1) is 0 Å². The van der Waals surface area contributed by atoms with Gasteiger partial charge in [-0.25, -0.2) is 0 Å². The normalized spacial score (nSPS) is 18.2. The fourth-order valence-electron chi connectivity index (χ4n) is 4.06. The zero-order valence-electron chi connectivity index (χ0n) is 14.1. The van der Waals surface area contributed by atoms with Crippen molar-refractivity contribution in [1.82, 2.24) is 10.6 Å². The number of carbonyl (C=O) groups is 1. The summed E-state index contributed by atoms with van der Waals surface area (Å²) in [4.78, 5) is 12.5. The van der Waals surface area contributed by atoms with Gasteiger partial charge >= 0.3 is 0 Å². The van der Waals surface area contributed by atoms with Gasteiger partial charge in [0, 0.05) is 6.04 Å². The maximum absolute atomic E-state index is 12.5. The van der Waals surface area contributed by atoms with Crippen molar-refractivity contribution in [1.29, 1.82) is 0 Å². The van der Waals surface area contributed by atoms with E-state index in [0.29, 0.717) is 6.04 Å². The van der Waals surface area contributed by atoms with E-state index in [9.17, 15) is 4.79 Å². The molecule has 0 radical (unpaired) electrons. The molecule has 0 saturated heterocycles.